The Hall–Kier alpha value is -4.70. The first-order valence-electron chi connectivity index (χ1n) is 15.9. The summed E-state index contributed by atoms with van der Waals surface area (Å²) in [6.07, 6.45) is 4.86. The number of carbonyl (C=O) groups excluding carboxylic acids is 2. The lowest BCUT2D eigenvalue weighted by molar-refractivity contribution is -0.115. The van der Waals surface area contributed by atoms with Gasteiger partial charge in [-0.15, -0.1) is 0 Å². The van der Waals surface area contributed by atoms with E-state index in [1.165, 1.54) is 12.8 Å². The predicted molar refractivity (Wildman–Crippen MR) is 172 cm³/mol. The first-order chi connectivity index (χ1) is 21.9. The van der Waals surface area contributed by atoms with E-state index in [-0.39, 0.29) is 23.9 Å². The van der Waals surface area contributed by atoms with Crippen molar-refractivity contribution in [3.05, 3.63) is 59.7 Å². The van der Waals surface area contributed by atoms with E-state index in [0.717, 1.165) is 82.0 Å². The SMILES string of the molecule is COc1cc(C(=O)N2CC3CCC2C3N)cc2nc(-c3cc4ccc(-c5ccc6c(c5)CC(=O)N6)nc4n3CC3CC3)n(C)c12. The third-order valence-corrected chi connectivity index (χ3v) is 10.5. The van der Waals surface area contributed by atoms with E-state index in [9.17, 15) is 9.59 Å². The number of anilines is 1. The van der Waals surface area contributed by atoms with Crippen LogP contribution in [0, 0.1) is 11.8 Å². The maximum absolute atomic E-state index is 13.7. The quantitative estimate of drug-likeness (QED) is 0.290. The van der Waals surface area contributed by atoms with E-state index in [4.69, 9.17) is 20.4 Å². The third-order valence-electron chi connectivity index (χ3n) is 10.5. The molecule has 3 atom stereocenters. The van der Waals surface area contributed by atoms with Crippen molar-refractivity contribution in [1.82, 2.24) is 24.0 Å². The highest BCUT2D eigenvalue weighted by atomic mass is 16.5. The molecular formula is C35H35N7O3. The summed E-state index contributed by atoms with van der Waals surface area (Å²) in [5.74, 6) is 2.45. The predicted octanol–water partition coefficient (Wildman–Crippen LogP) is 4.73. The van der Waals surface area contributed by atoms with Crippen molar-refractivity contribution in [2.75, 3.05) is 19.0 Å². The molecule has 228 valence electrons. The largest absolute Gasteiger partial charge is 0.494 e. The van der Waals surface area contributed by atoms with Crippen LogP contribution in [-0.4, -0.2) is 61.6 Å². The summed E-state index contributed by atoms with van der Waals surface area (Å²) in [7, 11) is 3.65. The van der Waals surface area contributed by atoms with E-state index in [1.807, 2.05) is 42.3 Å². The molecular weight excluding hydrogens is 566 g/mol. The summed E-state index contributed by atoms with van der Waals surface area (Å²) in [5.41, 5.74) is 14.2. The Morgan fingerprint density at radius 3 is 2.69 bits per heavy atom. The molecule has 4 aliphatic rings. The molecule has 2 amide bonds. The van der Waals surface area contributed by atoms with Crippen LogP contribution in [0.4, 0.5) is 5.69 Å². The number of nitrogens with two attached hydrogens (primary N) is 1. The van der Waals surface area contributed by atoms with E-state index >= 15 is 0 Å². The fraction of sp³-hybridized carbons (Fsp3) is 0.371. The Morgan fingerprint density at radius 1 is 1.07 bits per heavy atom. The minimum absolute atomic E-state index is 0.00340. The molecule has 0 spiro atoms. The number of ether oxygens (including phenoxy) is 1. The summed E-state index contributed by atoms with van der Waals surface area (Å²) in [4.78, 5) is 37.9. The van der Waals surface area contributed by atoms with Crippen LogP contribution < -0.4 is 15.8 Å². The second kappa shape index (κ2) is 9.65. The Bertz CT molecular complexity index is 2070. The third kappa shape index (κ3) is 4.11. The monoisotopic (exact) mass is 601 g/mol. The highest BCUT2D eigenvalue weighted by Crippen LogP contribution is 2.40. The van der Waals surface area contributed by atoms with E-state index < -0.39 is 0 Å². The molecule has 2 aromatic carbocycles. The van der Waals surface area contributed by atoms with Gasteiger partial charge in [-0.05, 0) is 85.5 Å². The summed E-state index contributed by atoms with van der Waals surface area (Å²) < 4.78 is 10.2. The normalized spacial score (nSPS) is 22.1. The molecule has 2 saturated carbocycles. The van der Waals surface area contributed by atoms with Gasteiger partial charge in [0, 0.05) is 54.4 Å². The van der Waals surface area contributed by atoms with Crippen molar-refractivity contribution in [3.63, 3.8) is 0 Å². The van der Waals surface area contributed by atoms with Crippen molar-refractivity contribution >= 4 is 39.6 Å². The topological polar surface area (TPSA) is 120 Å². The van der Waals surface area contributed by atoms with Gasteiger partial charge in [-0.25, -0.2) is 9.97 Å². The number of carbonyl (C=O) groups is 2. The molecule has 2 bridgehead atoms. The summed E-state index contributed by atoms with van der Waals surface area (Å²) >= 11 is 0. The standard InChI is InChI=1S/C35H35N7O3/c1-40-32-26(12-23(14-29(32)45-2)35(44)42-17-21-7-10-27(42)31(21)36)39-34(40)28-13-20-6-9-24(38-33(20)41(28)16-18-3-4-18)19-5-8-25-22(11-19)15-30(43)37-25/h5-6,8-9,11-14,18,21,27,31H,3-4,7,10,15-17,36H2,1-2H3,(H,37,43). The molecule has 5 heterocycles. The lowest BCUT2D eigenvalue weighted by Gasteiger charge is -2.27. The van der Waals surface area contributed by atoms with Crippen LogP contribution in [0.15, 0.2) is 48.5 Å². The molecule has 3 N–H and O–H groups in total. The van der Waals surface area contributed by atoms with Gasteiger partial charge in [0.15, 0.2) is 5.82 Å². The molecule has 3 fully saturated rings. The zero-order valence-electron chi connectivity index (χ0n) is 25.4. The van der Waals surface area contributed by atoms with Crippen LogP contribution >= 0.6 is 0 Å². The Kier molecular flexibility index (Phi) is 5.72. The fourth-order valence-corrected chi connectivity index (χ4v) is 7.87. The summed E-state index contributed by atoms with van der Waals surface area (Å²) in [6.45, 7) is 1.58. The molecule has 1 saturated heterocycles. The van der Waals surface area contributed by atoms with Crippen LogP contribution in [0.3, 0.4) is 0 Å². The highest BCUT2D eigenvalue weighted by Gasteiger charge is 2.47. The van der Waals surface area contributed by atoms with Gasteiger partial charge in [0.05, 0.1) is 30.4 Å². The van der Waals surface area contributed by atoms with Crippen molar-refractivity contribution in [2.24, 2.45) is 24.6 Å². The zero-order chi connectivity index (χ0) is 30.6. The summed E-state index contributed by atoms with van der Waals surface area (Å²) in [5, 5.41) is 3.96. The van der Waals surface area contributed by atoms with Gasteiger partial charge in [-0.2, -0.15) is 0 Å². The molecule has 0 radical (unpaired) electrons. The van der Waals surface area contributed by atoms with Crippen molar-refractivity contribution in [3.8, 4) is 28.5 Å². The molecule has 9 rings (SSSR count). The van der Waals surface area contributed by atoms with Gasteiger partial charge in [0.25, 0.3) is 5.91 Å². The van der Waals surface area contributed by atoms with Crippen molar-refractivity contribution in [2.45, 2.75) is 50.7 Å². The molecule has 10 heteroatoms. The number of amides is 2. The molecule has 5 aromatic rings. The van der Waals surface area contributed by atoms with Crippen LogP contribution in [-0.2, 0) is 24.8 Å². The highest BCUT2D eigenvalue weighted by molar-refractivity contribution is 6.01. The lowest BCUT2D eigenvalue weighted by Crippen LogP contribution is -2.41. The minimum Gasteiger partial charge on any atom is -0.494 e. The number of hydrogen-bond donors (Lipinski definition) is 2. The smallest absolute Gasteiger partial charge is 0.254 e. The number of aromatic nitrogens is 4. The Balaban J connectivity index is 1.14. The molecule has 3 aromatic heterocycles. The van der Waals surface area contributed by atoms with E-state index in [2.05, 4.69) is 32.7 Å². The number of piperidine rings is 1. The first-order valence-corrected chi connectivity index (χ1v) is 15.9. The van der Waals surface area contributed by atoms with Crippen LogP contribution in [0.2, 0.25) is 0 Å². The second-order valence-corrected chi connectivity index (χ2v) is 13.3. The maximum atomic E-state index is 13.7. The number of benzene rings is 2. The average Bonchev–Trinajstić information content (AvgIpc) is 3.26. The second-order valence-electron chi connectivity index (χ2n) is 13.3. The van der Waals surface area contributed by atoms with Gasteiger partial charge < -0.3 is 29.8 Å². The molecule has 3 unspecified atom stereocenters. The number of pyridine rings is 1. The number of nitrogens with one attached hydrogen (secondary N) is 1. The molecule has 45 heavy (non-hydrogen) atoms. The van der Waals surface area contributed by atoms with Gasteiger partial charge in [-0.1, -0.05) is 6.07 Å². The number of fused-ring (bicyclic) bond motifs is 5. The Labute approximate surface area is 260 Å². The maximum Gasteiger partial charge on any atom is 0.254 e. The summed E-state index contributed by atoms with van der Waals surface area (Å²) in [6, 6.07) is 16.3. The van der Waals surface area contributed by atoms with Gasteiger partial charge in [0.1, 0.15) is 16.9 Å². The van der Waals surface area contributed by atoms with E-state index in [0.29, 0.717) is 29.6 Å². The number of rotatable bonds is 6. The number of methoxy groups -OCH3 is 1. The number of nitrogens with zero attached hydrogens (tertiary/aromatic N) is 5. The average molecular weight is 602 g/mol. The fourth-order valence-electron chi connectivity index (χ4n) is 7.87. The zero-order valence-corrected chi connectivity index (χ0v) is 25.4. The Morgan fingerprint density at radius 2 is 1.93 bits per heavy atom. The molecule has 2 aliphatic carbocycles. The number of aryl methyl sites for hydroxylation is 1. The van der Waals surface area contributed by atoms with Gasteiger partial charge >= 0.3 is 0 Å². The van der Waals surface area contributed by atoms with Gasteiger partial charge in [0.2, 0.25) is 5.91 Å². The molecule has 10 nitrogen and oxygen atoms in total. The lowest BCUT2D eigenvalue weighted by atomic mass is 10.1. The van der Waals surface area contributed by atoms with Crippen LogP contribution in [0.1, 0.15) is 41.6 Å². The van der Waals surface area contributed by atoms with Crippen LogP contribution in [0.25, 0.3) is 44.8 Å². The van der Waals surface area contributed by atoms with Crippen LogP contribution in [0.5, 0.6) is 5.75 Å². The number of hydrogen-bond acceptors (Lipinski definition) is 6. The van der Waals surface area contributed by atoms with Crippen molar-refractivity contribution < 1.29 is 14.3 Å². The number of likely N-dealkylation sites (tertiary alicyclic amines) is 1. The first kappa shape index (κ1) is 26.7. The number of imidazole rings is 1. The van der Waals surface area contributed by atoms with Gasteiger partial charge in [-0.3, -0.25) is 9.59 Å². The van der Waals surface area contributed by atoms with Crippen molar-refractivity contribution in [1.29, 1.82) is 0 Å². The molecule has 2 aliphatic heterocycles. The van der Waals surface area contributed by atoms with E-state index in [1.54, 1.807) is 7.11 Å². The minimum atomic E-state index is -0.00340.